The van der Waals surface area contributed by atoms with E-state index in [-0.39, 0.29) is 0 Å². The van der Waals surface area contributed by atoms with Crippen LogP contribution in [0.5, 0.6) is 0 Å². The summed E-state index contributed by atoms with van der Waals surface area (Å²) >= 11 is 8.17. The summed E-state index contributed by atoms with van der Waals surface area (Å²) in [4.78, 5) is 5.11. The third-order valence-electron chi connectivity index (χ3n) is 4.55. The highest BCUT2D eigenvalue weighted by Gasteiger charge is 2.24. The molecule has 1 nitrogen and oxygen atoms in total. The molecule has 112 valence electrons. The Labute approximate surface area is 141 Å². The molecule has 0 saturated heterocycles. The average molecular weight is 328 g/mol. The lowest BCUT2D eigenvalue weighted by Crippen LogP contribution is -2.19. The van der Waals surface area contributed by atoms with E-state index in [0.717, 1.165) is 31.0 Å². The fraction of sp³-hybridized carbons (Fsp3) is 0.263. The highest BCUT2D eigenvalue weighted by atomic mass is 35.5. The fourth-order valence-corrected chi connectivity index (χ4v) is 4.65. The van der Waals surface area contributed by atoms with Crippen molar-refractivity contribution in [2.24, 2.45) is 0 Å². The number of rotatable bonds is 0. The largest absolute Gasteiger partial charge is 0.306 e. The Balaban J connectivity index is 1.98. The van der Waals surface area contributed by atoms with Crippen molar-refractivity contribution in [1.29, 1.82) is 0 Å². The predicted molar refractivity (Wildman–Crippen MR) is 95.6 cm³/mol. The molecule has 0 N–H and O–H groups in total. The van der Waals surface area contributed by atoms with Crippen molar-refractivity contribution in [3.63, 3.8) is 0 Å². The van der Waals surface area contributed by atoms with Crippen molar-refractivity contribution in [3.8, 4) is 0 Å². The molecule has 2 heterocycles. The van der Waals surface area contributed by atoms with Crippen molar-refractivity contribution in [2.75, 3.05) is 20.1 Å². The van der Waals surface area contributed by atoms with E-state index in [9.17, 15) is 0 Å². The molecule has 2 aliphatic rings. The average Bonchev–Trinajstić information content (AvgIpc) is 2.78. The first-order valence-corrected chi connectivity index (χ1v) is 8.89. The molecule has 0 atom stereocenters. The van der Waals surface area contributed by atoms with Crippen LogP contribution >= 0.6 is 23.4 Å². The van der Waals surface area contributed by atoms with Crippen molar-refractivity contribution in [3.05, 3.63) is 58.6 Å². The van der Waals surface area contributed by atoms with Crippen LogP contribution in [-0.4, -0.2) is 25.0 Å². The normalized spacial score (nSPS) is 18.1. The summed E-state index contributed by atoms with van der Waals surface area (Å²) in [5, 5.41) is 0.828. The molecule has 0 bridgehead atoms. The predicted octanol–water partition coefficient (Wildman–Crippen LogP) is 5.44. The minimum atomic E-state index is 0.828. The molecule has 0 aliphatic carbocycles. The summed E-state index contributed by atoms with van der Waals surface area (Å²) in [6.07, 6.45) is 2.20. The molecular weight excluding hydrogens is 310 g/mol. The van der Waals surface area contributed by atoms with Crippen LogP contribution in [0, 0.1) is 0 Å². The molecule has 2 aromatic rings. The first-order valence-electron chi connectivity index (χ1n) is 7.70. The molecule has 3 heteroatoms. The van der Waals surface area contributed by atoms with Gasteiger partial charge in [-0.2, -0.15) is 0 Å². The van der Waals surface area contributed by atoms with Gasteiger partial charge in [0.05, 0.1) is 0 Å². The standard InChI is InChI=1S/C19H18ClNS/c1-21-10-8-14-15(9-11-21)17-12-13(20)6-7-19(17)22-18-5-3-2-4-16(14)18/h2-7,12H,8-11H2,1H3. The van der Waals surface area contributed by atoms with E-state index in [0.29, 0.717) is 0 Å². The van der Waals surface area contributed by atoms with Crippen molar-refractivity contribution in [1.82, 2.24) is 4.90 Å². The highest BCUT2D eigenvalue weighted by molar-refractivity contribution is 7.99. The zero-order valence-electron chi connectivity index (χ0n) is 12.6. The van der Waals surface area contributed by atoms with E-state index in [4.69, 9.17) is 11.6 Å². The molecule has 0 radical (unpaired) electrons. The lowest BCUT2D eigenvalue weighted by molar-refractivity contribution is 0.356. The molecule has 4 rings (SSSR count). The monoisotopic (exact) mass is 327 g/mol. The maximum Gasteiger partial charge on any atom is 0.0412 e. The molecule has 0 fully saturated rings. The summed E-state index contributed by atoms with van der Waals surface area (Å²) in [6.45, 7) is 2.23. The van der Waals surface area contributed by atoms with Crippen LogP contribution < -0.4 is 0 Å². The molecule has 0 spiro atoms. The molecule has 0 saturated carbocycles. The summed E-state index contributed by atoms with van der Waals surface area (Å²) in [5.41, 5.74) is 5.73. The van der Waals surface area contributed by atoms with Crippen LogP contribution in [-0.2, 0) is 0 Å². The SMILES string of the molecule is CN1CCC2=C(CC1)c1cc(Cl)ccc1Sc1ccccc12. The minimum Gasteiger partial charge on any atom is -0.306 e. The topological polar surface area (TPSA) is 3.24 Å². The van der Waals surface area contributed by atoms with Gasteiger partial charge in [-0.3, -0.25) is 0 Å². The van der Waals surface area contributed by atoms with E-state index in [1.54, 1.807) is 0 Å². The second-order valence-electron chi connectivity index (χ2n) is 6.00. The maximum absolute atomic E-state index is 6.30. The van der Waals surface area contributed by atoms with E-state index in [1.165, 1.54) is 32.1 Å². The fourth-order valence-electron chi connectivity index (χ4n) is 3.36. The molecule has 0 aromatic heterocycles. The molecule has 0 unspecified atom stereocenters. The minimum absolute atomic E-state index is 0.828. The summed E-state index contributed by atoms with van der Waals surface area (Å²) in [6, 6.07) is 15.1. The van der Waals surface area contributed by atoms with Crippen molar-refractivity contribution in [2.45, 2.75) is 22.6 Å². The van der Waals surface area contributed by atoms with Crippen LogP contribution in [0.2, 0.25) is 5.02 Å². The Hall–Kier alpha value is -1.22. The highest BCUT2D eigenvalue weighted by Crippen LogP contribution is 2.47. The summed E-state index contributed by atoms with van der Waals surface area (Å²) < 4.78 is 0. The molecule has 2 aliphatic heterocycles. The number of nitrogens with zero attached hydrogens (tertiary/aromatic N) is 1. The molecule has 0 amide bonds. The maximum atomic E-state index is 6.30. The molecular formula is C19H18ClNS. The Morgan fingerprint density at radius 3 is 2.41 bits per heavy atom. The number of hydrogen-bond donors (Lipinski definition) is 0. The van der Waals surface area contributed by atoms with Crippen LogP contribution in [0.1, 0.15) is 24.0 Å². The van der Waals surface area contributed by atoms with E-state index >= 15 is 0 Å². The van der Waals surface area contributed by atoms with Gasteiger partial charge in [-0.1, -0.05) is 41.6 Å². The Kier molecular flexibility index (Phi) is 3.77. The van der Waals surface area contributed by atoms with Gasteiger partial charge in [-0.25, -0.2) is 0 Å². The number of halogens is 1. The van der Waals surface area contributed by atoms with Gasteiger partial charge >= 0.3 is 0 Å². The molecule has 22 heavy (non-hydrogen) atoms. The van der Waals surface area contributed by atoms with Crippen molar-refractivity contribution < 1.29 is 0 Å². The second-order valence-corrected chi connectivity index (χ2v) is 7.52. The van der Waals surface area contributed by atoms with E-state index in [2.05, 4.69) is 48.3 Å². The summed E-state index contributed by atoms with van der Waals surface area (Å²) in [7, 11) is 2.21. The Bertz CT molecular complexity index is 766. The smallest absolute Gasteiger partial charge is 0.0412 e. The van der Waals surface area contributed by atoms with Gasteiger partial charge in [0.1, 0.15) is 0 Å². The quantitative estimate of drug-likeness (QED) is 0.633. The number of hydrogen-bond acceptors (Lipinski definition) is 2. The third kappa shape index (κ3) is 2.50. The first kappa shape index (κ1) is 14.4. The van der Waals surface area contributed by atoms with Gasteiger partial charge in [-0.15, -0.1) is 0 Å². The zero-order chi connectivity index (χ0) is 15.1. The van der Waals surface area contributed by atoms with Crippen LogP contribution in [0.25, 0.3) is 11.1 Å². The number of benzene rings is 2. The Morgan fingerprint density at radius 2 is 1.59 bits per heavy atom. The first-order chi connectivity index (χ1) is 10.7. The van der Waals surface area contributed by atoms with Gasteiger partial charge in [0.2, 0.25) is 0 Å². The van der Waals surface area contributed by atoms with Crippen LogP contribution in [0.15, 0.2) is 52.3 Å². The van der Waals surface area contributed by atoms with Gasteiger partial charge < -0.3 is 4.90 Å². The zero-order valence-corrected chi connectivity index (χ0v) is 14.2. The van der Waals surface area contributed by atoms with Crippen molar-refractivity contribution >= 4 is 34.5 Å². The lowest BCUT2D eigenvalue weighted by atomic mass is 9.91. The van der Waals surface area contributed by atoms with E-state index < -0.39 is 0 Å². The van der Waals surface area contributed by atoms with Gasteiger partial charge in [0.15, 0.2) is 0 Å². The Morgan fingerprint density at radius 1 is 0.909 bits per heavy atom. The van der Waals surface area contributed by atoms with Gasteiger partial charge in [-0.05, 0) is 66.4 Å². The van der Waals surface area contributed by atoms with Crippen LogP contribution in [0.4, 0.5) is 0 Å². The van der Waals surface area contributed by atoms with E-state index in [1.807, 2.05) is 17.8 Å². The van der Waals surface area contributed by atoms with Gasteiger partial charge in [0.25, 0.3) is 0 Å². The van der Waals surface area contributed by atoms with Gasteiger partial charge in [0, 0.05) is 27.9 Å². The van der Waals surface area contributed by atoms with Crippen LogP contribution in [0.3, 0.4) is 0 Å². The second kappa shape index (κ2) is 5.77. The summed E-state index contributed by atoms with van der Waals surface area (Å²) in [5.74, 6) is 0. The molecule has 2 aromatic carbocycles. The number of fused-ring (bicyclic) bond motifs is 4. The third-order valence-corrected chi connectivity index (χ3v) is 5.94. The lowest BCUT2D eigenvalue weighted by Gasteiger charge is -2.14.